The minimum absolute atomic E-state index is 0.484. The third-order valence-corrected chi connectivity index (χ3v) is 3.89. The predicted octanol–water partition coefficient (Wildman–Crippen LogP) is 3.26. The van der Waals surface area contributed by atoms with Gasteiger partial charge < -0.3 is 5.32 Å². The molecule has 3 rings (SSSR count). The fourth-order valence-electron chi connectivity index (χ4n) is 2.85. The third kappa shape index (κ3) is 2.78. The van der Waals surface area contributed by atoms with Gasteiger partial charge in [0.15, 0.2) is 0 Å². The van der Waals surface area contributed by atoms with Crippen molar-refractivity contribution < 1.29 is 0 Å². The summed E-state index contributed by atoms with van der Waals surface area (Å²) in [6.45, 7) is 4.70. The van der Waals surface area contributed by atoms with E-state index in [1.165, 1.54) is 24.9 Å². The van der Waals surface area contributed by atoms with Crippen LogP contribution in [0.25, 0.3) is 5.69 Å². The topological polar surface area (TPSA) is 42.7 Å². The quantitative estimate of drug-likeness (QED) is 0.916. The molecule has 1 N–H and O–H groups in total. The van der Waals surface area contributed by atoms with Gasteiger partial charge >= 0.3 is 0 Å². The summed E-state index contributed by atoms with van der Waals surface area (Å²) >= 11 is 0. The summed E-state index contributed by atoms with van der Waals surface area (Å²) in [5, 5.41) is 7.75. The molecule has 4 nitrogen and oxygen atoms in total. The predicted molar refractivity (Wildman–Crippen MR) is 76.4 cm³/mol. The molecule has 4 heteroatoms. The largest absolute Gasteiger partial charge is 0.382 e. The van der Waals surface area contributed by atoms with E-state index in [0.29, 0.717) is 11.5 Å². The van der Waals surface area contributed by atoms with Crippen molar-refractivity contribution in [2.24, 2.45) is 5.41 Å². The molecule has 0 aliphatic heterocycles. The van der Waals surface area contributed by atoms with Crippen LogP contribution in [0.2, 0.25) is 0 Å². The Balaban J connectivity index is 1.67. The van der Waals surface area contributed by atoms with E-state index in [4.69, 9.17) is 0 Å². The highest BCUT2D eigenvalue weighted by Crippen LogP contribution is 2.38. The van der Waals surface area contributed by atoms with Crippen LogP contribution < -0.4 is 5.32 Å². The number of nitrogens with zero attached hydrogens (tertiary/aromatic N) is 3. The van der Waals surface area contributed by atoms with E-state index < -0.39 is 0 Å². The van der Waals surface area contributed by atoms with E-state index in [0.717, 1.165) is 5.69 Å². The van der Waals surface area contributed by atoms with Gasteiger partial charge in [0.1, 0.15) is 12.7 Å². The third-order valence-electron chi connectivity index (χ3n) is 3.89. The zero-order chi connectivity index (χ0) is 13.3. The van der Waals surface area contributed by atoms with Crippen LogP contribution in [0.1, 0.15) is 33.1 Å². The number of anilines is 1. The van der Waals surface area contributed by atoms with Gasteiger partial charge in [-0.1, -0.05) is 13.8 Å². The fraction of sp³-hybridized carbons (Fsp3) is 0.467. The van der Waals surface area contributed by atoms with Crippen molar-refractivity contribution in [3.63, 3.8) is 0 Å². The summed E-state index contributed by atoms with van der Waals surface area (Å²) in [6, 6.07) is 8.96. The van der Waals surface area contributed by atoms with E-state index in [-0.39, 0.29) is 0 Å². The maximum absolute atomic E-state index is 4.12. The van der Waals surface area contributed by atoms with Crippen LogP contribution in [0.5, 0.6) is 0 Å². The summed E-state index contributed by atoms with van der Waals surface area (Å²) in [4.78, 5) is 3.96. The SMILES string of the molecule is CC1(C)CCC(Nc2ccc(-n3cncn3)cc2)C1. The summed E-state index contributed by atoms with van der Waals surface area (Å²) < 4.78 is 1.77. The first-order valence-corrected chi connectivity index (χ1v) is 6.84. The minimum atomic E-state index is 0.484. The normalized spacial score (nSPS) is 21.5. The number of nitrogens with one attached hydrogen (secondary N) is 1. The Hall–Kier alpha value is -1.84. The molecule has 1 aliphatic carbocycles. The summed E-state index contributed by atoms with van der Waals surface area (Å²) in [7, 11) is 0. The second-order valence-corrected chi connectivity index (χ2v) is 6.14. The Morgan fingerprint density at radius 1 is 1.26 bits per heavy atom. The van der Waals surface area contributed by atoms with Crippen molar-refractivity contribution >= 4 is 5.69 Å². The second-order valence-electron chi connectivity index (χ2n) is 6.14. The standard InChI is InChI=1S/C15H20N4/c1-15(2)8-7-13(9-15)18-12-3-5-14(6-4-12)19-11-16-10-17-19/h3-6,10-11,13,18H,7-9H2,1-2H3. The lowest BCUT2D eigenvalue weighted by atomic mass is 9.92. The Labute approximate surface area is 113 Å². The zero-order valence-electron chi connectivity index (χ0n) is 11.5. The minimum Gasteiger partial charge on any atom is -0.382 e. The van der Waals surface area contributed by atoms with Crippen LogP contribution in [0.3, 0.4) is 0 Å². The van der Waals surface area contributed by atoms with Gasteiger partial charge in [0, 0.05) is 11.7 Å². The van der Waals surface area contributed by atoms with E-state index in [1.807, 2.05) is 0 Å². The average Bonchev–Trinajstić information content (AvgIpc) is 3.00. The molecular formula is C15H20N4. The number of aromatic nitrogens is 3. The molecule has 1 aliphatic rings. The van der Waals surface area contributed by atoms with E-state index in [9.17, 15) is 0 Å². The van der Waals surface area contributed by atoms with Gasteiger partial charge in [0.2, 0.25) is 0 Å². The van der Waals surface area contributed by atoms with Gasteiger partial charge in [0.25, 0.3) is 0 Å². The van der Waals surface area contributed by atoms with Crippen LogP contribution in [0.4, 0.5) is 5.69 Å². The van der Waals surface area contributed by atoms with Crippen molar-refractivity contribution in [1.82, 2.24) is 14.8 Å². The lowest BCUT2D eigenvalue weighted by molar-refractivity contribution is 0.378. The Morgan fingerprint density at radius 3 is 2.63 bits per heavy atom. The van der Waals surface area contributed by atoms with Crippen molar-refractivity contribution in [2.75, 3.05) is 5.32 Å². The number of benzene rings is 1. The smallest absolute Gasteiger partial charge is 0.138 e. The molecule has 1 heterocycles. The molecule has 1 unspecified atom stereocenters. The Morgan fingerprint density at radius 2 is 2.05 bits per heavy atom. The molecule has 0 amide bonds. The van der Waals surface area contributed by atoms with Gasteiger partial charge in [-0.25, -0.2) is 9.67 Å². The van der Waals surface area contributed by atoms with Gasteiger partial charge in [-0.15, -0.1) is 0 Å². The fourth-order valence-corrected chi connectivity index (χ4v) is 2.85. The molecule has 0 spiro atoms. The molecule has 0 bridgehead atoms. The number of hydrogen-bond acceptors (Lipinski definition) is 3. The molecule has 1 aromatic heterocycles. The summed E-state index contributed by atoms with van der Waals surface area (Å²) in [5.74, 6) is 0. The maximum atomic E-state index is 4.12. The molecule has 0 radical (unpaired) electrons. The molecule has 100 valence electrons. The van der Waals surface area contributed by atoms with Gasteiger partial charge in [0.05, 0.1) is 5.69 Å². The molecule has 19 heavy (non-hydrogen) atoms. The molecule has 1 fully saturated rings. The van der Waals surface area contributed by atoms with Crippen LogP contribution in [-0.2, 0) is 0 Å². The van der Waals surface area contributed by atoms with Crippen LogP contribution in [-0.4, -0.2) is 20.8 Å². The summed E-state index contributed by atoms with van der Waals surface area (Å²) in [6.07, 6.45) is 7.08. The first kappa shape index (κ1) is 12.2. The Bertz CT molecular complexity index is 528. The second kappa shape index (κ2) is 4.68. The first-order valence-electron chi connectivity index (χ1n) is 6.84. The molecule has 1 aromatic carbocycles. The van der Waals surface area contributed by atoms with Crippen LogP contribution in [0, 0.1) is 5.41 Å². The van der Waals surface area contributed by atoms with E-state index in [1.54, 1.807) is 17.3 Å². The van der Waals surface area contributed by atoms with Gasteiger partial charge in [-0.3, -0.25) is 0 Å². The molecule has 1 atom stereocenters. The zero-order valence-corrected chi connectivity index (χ0v) is 11.5. The lowest BCUT2D eigenvalue weighted by Gasteiger charge is -2.18. The van der Waals surface area contributed by atoms with Crippen molar-refractivity contribution in [2.45, 2.75) is 39.2 Å². The van der Waals surface area contributed by atoms with Crippen molar-refractivity contribution in [3.05, 3.63) is 36.9 Å². The molecule has 1 saturated carbocycles. The van der Waals surface area contributed by atoms with Gasteiger partial charge in [-0.05, 0) is 48.9 Å². The summed E-state index contributed by atoms with van der Waals surface area (Å²) in [5.41, 5.74) is 2.71. The maximum Gasteiger partial charge on any atom is 0.138 e. The van der Waals surface area contributed by atoms with Crippen LogP contribution in [0.15, 0.2) is 36.9 Å². The first-order chi connectivity index (χ1) is 9.12. The lowest BCUT2D eigenvalue weighted by Crippen LogP contribution is -2.17. The number of hydrogen-bond donors (Lipinski definition) is 1. The highest BCUT2D eigenvalue weighted by atomic mass is 15.3. The molecular weight excluding hydrogens is 236 g/mol. The van der Waals surface area contributed by atoms with E-state index in [2.05, 4.69) is 53.5 Å². The monoisotopic (exact) mass is 256 g/mol. The molecule has 2 aromatic rings. The van der Waals surface area contributed by atoms with E-state index >= 15 is 0 Å². The number of rotatable bonds is 3. The molecule has 0 saturated heterocycles. The average molecular weight is 256 g/mol. The highest BCUT2D eigenvalue weighted by Gasteiger charge is 2.30. The van der Waals surface area contributed by atoms with Crippen molar-refractivity contribution in [1.29, 1.82) is 0 Å². The van der Waals surface area contributed by atoms with Gasteiger partial charge in [-0.2, -0.15) is 5.10 Å². The van der Waals surface area contributed by atoms with Crippen LogP contribution >= 0.6 is 0 Å². The Kier molecular flexibility index (Phi) is 3.01. The highest BCUT2D eigenvalue weighted by molar-refractivity contribution is 5.49. The van der Waals surface area contributed by atoms with Crippen molar-refractivity contribution in [3.8, 4) is 5.69 Å².